The van der Waals surface area contributed by atoms with Crippen LogP contribution in [0.3, 0.4) is 0 Å². The largest absolute Gasteiger partial charge is 0.489 e. The molecule has 0 aliphatic heterocycles. The van der Waals surface area contributed by atoms with Crippen LogP contribution in [0.4, 0.5) is 5.69 Å². The zero-order chi connectivity index (χ0) is 22.6. The van der Waals surface area contributed by atoms with Crippen LogP contribution >= 0.6 is 0 Å². The zero-order valence-electron chi connectivity index (χ0n) is 20.5. The van der Waals surface area contributed by atoms with E-state index in [0.29, 0.717) is 0 Å². The number of amides is 1. The van der Waals surface area contributed by atoms with Gasteiger partial charge in [-0.3, -0.25) is 4.79 Å². The summed E-state index contributed by atoms with van der Waals surface area (Å²) in [5, 5.41) is 6.20. The zero-order valence-corrected chi connectivity index (χ0v) is 20.5. The van der Waals surface area contributed by atoms with E-state index in [2.05, 4.69) is 17.6 Å². The Morgan fingerprint density at radius 3 is 1.87 bits per heavy atom. The normalized spacial score (nSPS) is 11.0. The van der Waals surface area contributed by atoms with Gasteiger partial charge in [-0.1, -0.05) is 103 Å². The number of hydrogen-bond donors (Lipinski definition) is 2. The monoisotopic (exact) mass is 432 g/mol. The number of rotatable bonds is 20. The molecule has 0 bridgehead atoms. The summed E-state index contributed by atoms with van der Waals surface area (Å²) in [6.45, 7) is 7.32. The van der Waals surface area contributed by atoms with Gasteiger partial charge in [-0.05, 0) is 32.4 Å². The van der Waals surface area contributed by atoms with Crippen LogP contribution in [0.25, 0.3) is 0 Å². The smallest absolute Gasteiger partial charge is 0.239 e. The van der Waals surface area contributed by atoms with E-state index in [1.165, 1.54) is 83.5 Å². The Bertz CT molecular complexity index is 560. The molecule has 1 aromatic rings. The molecule has 31 heavy (non-hydrogen) atoms. The molecule has 0 aliphatic carbocycles. The van der Waals surface area contributed by atoms with Gasteiger partial charge in [0.1, 0.15) is 5.75 Å². The van der Waals surface area contributed by atoms with E-state index < -0.39 is 0 Å². The maximum absolute atomic E-state index is 12.1. The Labute approximate surface area is 191 Å². The fourth-order valence-electron chi connectivity index (χ4n) is 3.75. The highest BCUT2D eigenvalue weighted by atomic mass is 16.5. The Morgan fingerprint density at radius 2 is 1.32 bits per heavy atom. The van der Waals surface area contributed by atoms with Crippen LogP contribution in [0.1, 0.15) is 111 Å². The van der Waals surface area contributed by atoms with Gasteiger partial charge >= 0.3 is 0 Å². The summed E-state index contributed by atoms with van der Waals surface area (Å²) in [5.74, 6) is 0.825. The molecule has 0 spiro atoms. The summed E-state index contributed by atoms with van der Waals surface area (Å²) in [6.07, 6.45) is 19.0. The molecule has 4 nitrogen and oxygen atoms in total. The summed E-state index contributed by atoms with van der Waals surface area (Å²) in [5.41, 5.74) is 0.864. The highest BCUT2D eigenvalue weighted by Gasteiger charge is 2.06. The fourth-order valence-corrected chi connectivity index (χ4v) is 3.75. The van der Waals surface area contributed by atoms with Crippen molar-refractivity contribution in [3.8, 4) is 5.75 Å². The number of ether oxygens (including phenoxy) is 1. The van der Waals surface area contributed by atoms with Crippen molar-refractivity contribution in [1.29, 1.82) is 0 Å². The van der Waals surface area contributed by atoms with Crippen molar-refractivity contribution in [2.75, 3.05) is 18.4 Å². The molecule has 2 N–H and O–H groups in total. The number of carbonyl (C=O) groups is 1. The summed E-state index contributed by atoms with van der Waals surface area (Å²) >= 11 is 0. The van der Waals surface area contributed by atoms with Crippen molar-refractivity contribution >= 4 is 11.6 Å². The quantitative estimate of drug-likeness (QED) is 0.210. The van der Waals surface area contributed by atoms with Crippen LogP contribution < -0.4 is 15.4 Å². The molecule has 0 fully saturated rings. The van der Waals surface area contributed by atoms with Gasteiger partial charge in [0.05, 0.1) is 18.3 Å². The third-order valence-electron chi connectivity index (χ3n) is 5.54. The van der Waals surface area contributed by atoms with E-state index in [-0.39, 0.29) is 18.6 Å². The molecular weight excluding hydrogens is 384 g/mol. The molecule has 0 aromatic heterocycles. The molecular formula is C27H48N2O2. The summed E-state index contributed by atoms with van der Waals surface area (Å²) in [7, 11) is 0. The van der Waals surface area contributed by atoms with Crippen LogP contribution in [0.15, 0.2) is 24.3 Å². The number of nitrogens with one attached hydrogen (secondary N) is 2. The van der Waals surface area contributed by atoms with Gasteiger partial charge in [0, 0.05) is 6.54 Å². The first kappa shape index (κ1) is 27.3. The molecule has 1 amide bonds. The summed E-state index contributed by atoms with van der Waals surface area (Å²) in [6, 6.07) is 7.76. The van der Waals surface area contributed by atoms with Crippen LogP contribution in [0, 0.1) is 0 Å². The predicted octanol–water partition coefficient (Wildman–Crippen LogP) is 7.48. The minimum Gasteiger partial charge on any atom is -0.489 e. The van der Waals surface area contributed by atoms with E-state index in [1.54, 1.807) is 0 Å². The van der Waals surface area contributed by atoms with Gasteiger partial charge in [-0.2, -0.15) is 0 Å². The number of unbranched alkanes of at least 4 members (excludes halogenated alkanes) is 13. The second-order valence-corrected chi connectivity index (χ2v) is 8.96. The summed E-state index contributed by atoms with van der Waals surface area (Å²) in [4.78, 5) is 12.1. The molecule has 0 saturated heterocycles. The number of anilines is 1. The van der Waals surface area contributed by atoms with Gasteiger partial charge in [-0.25, -0.2) is 0 Å². The molecule has 0 radical (unpaired) electrons. The lowest BCUT2D eigenvalue weighted by molar-refractivity contribution is -0.119. The highest BCUT2D eigenvalue weighted by molar-refractivity contribution is 5.81. The number of benzene rings is 1. The molecule has 4 heteroatoms. The molecule has 0 atom stereocenters. The minimum absolute atomic E-state index is 0.0362. The van der Waals surface area contributed by atoms with Crippen LogP contribution in [0.2, 0.25) is 0 Å². The lowest BCUT2D eigenvalue weighted by atomic mass is 10.0. The lowest BCUT2D eigenvalue weighted by Crippen LogP contribution is -2.30. The fraction of sp³-hybridized carbons (Fsp3) is 0.741. The first-order chi connectivity index (χ1) is 15.1. The Hall–Kier alpha value is -1.71. The third-order valence-corrected chi connectivity index (χ3v) is 5.54. The van der Waals surface area contributed by atoms with Gasteiger partial charge in [0.25, 0.3) is 0 Å². The van der Waals surface area contributed by atoms with Gasteiger partial charge in [-0.15, -0.1) is 0 Å². The highest BCUT2D eigenvalue weighted by Crippen LogP contribution is 2.24. The molecule has 1 aromatic carbocycles. The van der Waals surface area contributed by atoms with Gasteiger partial charge in [0.15, 0.2) is 0 Å². The molecule has 0 unspecified atom stereocenters. The molecule has 0 aliphatic rings. The number of hydrogen-bond acceptors (Lipinski definition) is 3. The average Bonchev–Trinajstić information content (AvgIpc) is 2.75. The minimum atomic E-state index is 0.0362. The van der Waals surface area contributed by atoms with Crippen LogP contribution in [-0.4, -0.2) is 25.1 Å². The topological polar surface area (TPSA) is 50.4 Å². The van der Waals surface area contributed by atoms with E-state index in [0.717, 1.165) is 24.4 Å². The molecule has 0 heterocycles. The maximum atomic E-state index is 12.1. The standard InChI is InChI=1S/C27H48N2O2/c1-4-5-6-7-8-9-10-11-12-13-14-15-16-19-22-28-27(30)23-29-25-20-17-18-21-26(25)31-24(2)3/h17-18,20-21,24,29H,4-16,19,22-23H2,1-3H3,(H,28,30). The van der Waals surface area contributed by atoms with Gasteiger partial charge < -0.3 is 15.4 Å². The Balaban J connectivity index is 1.92. The van der Waals surface area contributed by atoms with Crippen molar-refractivity contribution in [2.45, 2.75) is 117 Å². The van der Waals surface area contributed by atoms with E-state index in [9.17, 15) is 4.79 Å². The summed E-state index contributed by atoms with van der Waals surface area (Å²) < 4.78 is 5.77. The number of carbonyl (C=O) groups excluding carboxylic acids is 1. The van der Waals surface area contributed by atoms with Crippen molar-refractivity contribution in [3.63, 3.8) is 0 Å². The number of para-hydroxylation sites is 2. The molecule has 1 rings (SSSR count). The van der Waals surface area contributed by atoms with Crippen LogP contribution in [-0.2, 0) is 4.79 Å². The SMILES string of the molecule is CCCCCCCCCCCCCCCCNC(=O)CNc1ccccc1OC(C)C. The third kappa shape index (κ3) is 15.7. The second kappa shape index (κ2) is 19.0. The average molecular weight is 433 g/mol. The predicted molar refractivity (Wildman–Crippen MR) is 134 cm³/mol. The van der Waals surface area contributed by atoms with Crippen molar-refractivity contribution < 1.29 is 9.53 Å². The first-order valence-electron chi connectivity index (χ1n) is 12.9. The first-order valence-corrected chi connectivity index (χ1v) is 12.9. The van der Waals surface area contributed by atoms with Gasteiger partial charge in [0.2, 0.25) is 5.91 Å². The Morgan fingerprint density at radius 1 is 0.806 bits per heavy atom. The van der Waals surface area contributed by atoms with Crippen molar-refractivity contribution in [3.05, 3.63) is 24.3 Å². The van der Waals surface area contributed by atoms with Crippen molar-refractivity contribution in [2.24, 2.45) is 0 Å². The molecule has 0 saturated carbocycles. The maximum Gasteiger partial charge on any atom is 0.239 e. The lowest BCUT2D eigenvalue weighted by Gasteiger charge is -2.15. The van der Waals surface area contributed by atoms with E-state index in [1.807, 2.05) is 38.1 Å². The van der Waals surface area contributed by atoms with Crippen LogP contribution in [0.5, 0.6) is 5.75 Å². The van der Waals surface area contributed by atoms with Crippen molar-refractivity contribution in [1.82, 2.24) is 5.32 Å². The Kier molecular flexibility index (Phi) is 16.8. The second-order valence-electron chi connectivity index (χ2n) is 8.96. The van der Waals surface area contributed by atoms with E-state index >= 15 is 0 Å². The molecule has 178 valence electrons. The van der Waals surface area contributed by atoms with E-state index in [4.69, 9.17) is 4.74 Å².